The zero-order chi connectivity index (χ0) is 25.4. The number of aromatic nitrogens is 1. The first-order chi connectivity index (χ1) is 18.1. The van der Waals surface area contributed by atoms with Gasteiger partial charge in [-0.1, -0.05) is 30.3 Å². The number of thiophene rings is 2. The van der Waals surface area contributed by atoms with E-state index in [1.807, 2.05) is 48.7 Å². The topological polar surface area (TPSA) is 71.9 Å². The number of nitrogens with zero attached hydrogens (tertiary/aromatic N) is 3. The molecule has 4 heterocycles. The van der Waals surface area contributed by atoms with E-state index in [1.165, 1.54) is 10.5 Å². The van der Waals surface area contributed by atoms with Crippen LogP contribution in [0.1, 0.15) is 51.1 Å². The molecule has 6 rings (SSSR count). The zero-order valence-corrected chi connectivity index (χ0v) is 21.9. The predicted octanol–water partition coefficient (Wildman–Crippen LogP) is 6.65. The van der Waals surface area contributed by atoms with Crippen LogP contribution < -0.4 is 0 Å². The average Bonchev–Trinajstić information content (AvgIpc) is 3.68. The van der Waals surface area contributed by atoms with E-state index in [1.54, 1.807) is 33.7 Å². The van der Waals surface area contributed by atoms with Gasteiger partial charge in [-0.2, -0.15) is 5.10 Å². The minimum absolute atomic E-state index is 0.130. The van der Waals surface area contributed by atoms with Crippen molar-refractivity contribution in [3.05, 3.63) is 91.9 Å². The summed E-state index contributed by atoms with van der Waals surface area (Å²) >= 11 is 3.32. The summed E-state index contributed by atoms with van der Waals surface area (Å²) in [5.74, 6) is -0.727. The number of esters is 1. The van der Waals surface area contributed by atoms with Gasteiger partial charge >= 0.3 is 5.97 Å². The van der Waals surface area contributed by atoms with Gasteiger partial charge in [-0.05, 0) is 72.9 Å². The summed E-state index contributed by atoms with van der Waals surface area (Å²) in [7, 11) is 0. The van der Waals surface area contributed by atoms with Gasteiger partial charge < -0.3 is 4.74 Å². The van der Waals surface area contributed by atoms with E-state index in [-0.39, 0.29) is 24.5 Å². The Bertz CT molecular complexity index is 1520. The Hall–Kier alpha value is -3.62. The molecule has 1 fully saturated rings. The van der Waals surface area contributed by atoms with E-state index in [0.29, 0.717) is 10.9 Å². The molecule has 186 valence electrons. The van der Waals surface area contributed by atoms with Crippen molar-refractivity contribution in [3.63, 3.8) is 0 Å². The van der Waals surface area contributed by atoms with E-state index in [2.05, 4.69) is 28.6 Å². The highest BCUT2D eigenvalue weighted by molar-refractivity contribution is 7.11. The van der Waals surface area contributed by atoms with Crippen molar-refractivity contribution in [2.75, 3.05) is 6.61 Å². The molecule has 0 radical (unpaired) electrons. The number of aryl methyl sites for hydroxylation is 1. The minimum Gasteiger partial charge on any atom is -0.452 e. The second-order valence-corrected chi connectivity index (χ2v) is 11.2. The Morgan fingerprint density at radius 3 is 2.76 bits per heavy atom. The Morgan fingerprint density at radius 1 is 1.11 bits per heavy atom. The highest BCUT2D eigenvalue weighted by Gasteiger charge is 2.44. The lowest BCUT2D eigenvalue weighted by atomic mass is 9.79. The van der Waals surface area contributed by atoms with Gasteiger partial charge in [0.25, 0.3) is 5.91 Å². The first kappa shape index (κ1) is 23.8. The smallest absolute Gasteiger partial charge is 0.339 e. The molecule has 3 aromatic heterocycles. The van der Waals surface area contributed by atoms with Crippen LogP contribution in [0.15, 0.2) is 76.0 Å². The molecule has 0 unspecified atom stereocenters. The summed E-state index contributed by atoms with van der Waals surface area (Å²) < 4.78 is 5.56. The Labute approximate surface area is 222 Å². The van der Waals surface area contributed by atoms with E-state index in [9.17, 15) is 9.59 Å². The molecule has 2 atom stereocenters. The van der Waals surface area contributed by atoms with Gasteiger partial charge in [-0.3, -0.25) is 9.78 Å². The van der Waals surface area contributed by atoms with Crippen LogP contribution in [0.5, 0.6) is 0 Å². The van der Waals surface area contributed by atoms with Crippen molar-refractivity contribution in [3.8, 4) is 0 Å². The molecule has 1 aliphatic carbocycles. The lowest BCUT2D eigenvalue weighted by molar-refractivity contribution is -0.136. The molecule has 0 spiro atoms. The third kappa shape index (κ3) is 4.63. The third-order valence-electron chi connectivity index (χ3n) is 6.84. The summed E-state index contributed by atoms with van der Waals surface area (Å²) in [6.07, 6.45) is 5.16. The Morgan fingerprint density at radius 2 is 1.95 bits per heavy atom. The maximum atomic E-state index is 13.5. The number of allylic oxidation sites excluding steroid dienone is 1. The summed E-state index contributed by atoms with van der Waals surface area (Å²) in [6, 6.07) is 17.2. The van der Waals surface area contributed by atoms with Crippen molar-refractivity contribution in [1.29, 1.82) is 0 Å². The number of benzene rings is 1. The number of fused-ring (bicyclic) bond motifs is 2. The number of ether oxygens (including phenoxy) is 1. The lowest BCUT2D eigenvalue weighted by Gasteiger charge is -2.28. The molecule has 2 aliphatic rings. The van der Waals surface area contributed by atoms with Crippen molar-refractivity contribution < 1.29 is 14.3 Å². The van der Waals surface area contributed by atoms with Crippen molar-refractivity contribution in [2.45, 2.75) is 32.2 Å². The van der Waals surface area contributed by atoms with Crippen LogP contribution >= 0.6 is 22.7 Å². The first-order valence-electron chi connectivity index (χ1n) is 12.3. The molecular formula is C29H25N3O3S2. The third-order valence-corrected chi connectivity index (χ3v) is 8.60. The monoisotopic (exact) mass is 527 g/mol. The molecule has 1 saturated carbocycles. The normalized spacial score (nSPS) is 20.2. The van der Waals surface area contributed by atoms with E-state index in [0.717, 1.165) is 41.1 Å². The van der Waals surface area contributed by atoms with Crippen molar-refractivity contribution >= 4 is 57.2 Å². The van der Waals surface area contributed by atoms with Crippen molar-refractivity contribution in [2.24, 2.45) is 11.0 Å². The molecule has 6 nitrogen and oxygen atoms in total. The van der Waals surface area contributed by atoms with Crippen LogP contribution in [0.4, 0.5) is 0 Å². The molecule has 1 amide bonds. The highest BCUT2D eigenvalue weighted by Crippen LogP contribution is 2.45. The van der Waals surface area contributed by atoms with E-state index >= 15 is 0 Å². The Balaban J connectivity index is 1.27. The number of carbonyl (C=O) groups is 2. The number of carbonyl (C=O) groups excluding carboxylic acids is 2. The fourth-order valence-corrected chi connectivity index (χ4v) is 6.79. The van der Waals surface area contributed by atoms with Crippen LogP contribution in [0, 0.1) is 12.8 Å². The van der Waals surface area contributed by atoms with Gasteiger partial charge in [0.1, 0.15) is 0 Å². The number of hydrazone groups is 1. The molecule has 0 bridgehead atoms. The predicted molar refractivity (Wildman–Crippen MR) is 148 cm³/mol. The van der Waals surface area contributed by atoms with Gasteiger partial charge in [0.15, 0.2) is 6.61 Å². The standard InChI is InChI=1S/C29H25N3O3S2/c1-18-15-23(21-9-2-3-11-24(21)30-18)29(34)35-17-26(33)32-28(25-12-6-14-37-25)22-10-4-7-19(27(22)31-32)16-20-8-5-13-36-20/h2-3,5-6,8-9,11-16,22,28H,4,7,10,17H2,1H3/b19-16+/t22-,28+/m1/s1. The maximum Gasteiger partial charge on any atom is 0.339 e. The summed E-state index contributed by atoms with van der Waals surface area (Å²) in [4.78, 5) is 33.3. The molecule has 8 heteroatoms. The fourth-order valence-electron chi connectivity index (χ4n) is 5.24. The number of hydrogen-bond donors (Lipinski definition) is 0. The summed E-state index contributed by atoms with van der Waals surface area (Å²) in [5, 5.41) is 11.2. The first-order valence-corrected chi connectivity index (χ1v) is 14.1. The average molecular weight is 528 g/mol. The number of hydrogen-bond acceptors (Lipinski definition) is 7. The van der Waals surface area contributed by atoms with E-state index < -0.39 is 5.97 Å². The molecule has 0 N–H and O–H groups in total. The van der Waals surface area contributed by atoms with Crippen LogP contribution in [-0.4, -0.2) is 34.2 Å². The van der Waals surface area contributed by atoms with Gasteiger partial charge in [0.05, 0.1) is 22.8 Å². The second-order valence-electron chi connectivity index (χ2n) is 9.27. The molecule has 37 heavy (non-hydrogen) atoms. The quantitative estimate of drug-likeness (QED) is 0.273. The van der Waals surface area contributed by atoms with Gasteiger partial charge in [0, 0.05) is 26.8 Å². The van der Waals surface area contributed by atoms with E-state index in [4.69, 9.17) is 9.84 Å². The van der Waals surface area contributed by atoms with Gasteiger partial charge in [-0.15, -0.1) is 22.7 Å². The molecular weight excluding hydrogens is 502 g/mol. The Kier molecular flexibility index (Phi) is 6.44. The van der Waals surface area contributed by atoms with Gasteiger partial charge in [0.2, 0.25) is 0 Å². The van der Waals surface area contributed by atoms with Crippen LogP contribution in [0.3, 0.4) is 0 Å². The minimum atomic E-state index is -0.537. The van der Waals surface area contributed by atoms with Crippen molar-refractivity contribution in [1.82, 2.24) is 9.99 Å². The fraction of sp³-hybridized carbons (Fsp3) is 0.241. The van der Waals surface area contributed by atoms with Crippen LogP contribution in [0.2, 0.25) is 0 Å². The SMILES string of the molecule is Cc1cc(C(=O)OCC(=O)N2N=C3/C(=C/c4cccs4)CCC[C@H]3[C@H]2c2cccs2)c2ccccc2n1. The van der Waals surface area contributed by atoms with Gasteiger partial charge in [-0.25, -0.2) is 9.80 Å². The van der Waals surface area contributed by atoms with Crippen LogP contribution in [-0.2, 0) is 9.53 Å². The largest absolute Gasteiger partial charge is 0.452 e. The number of rotatable bonds is 5. The number of para-hydroxylation sites is 1. The van der Waals surface area contributed by atoms with Crippen LogP contribution in [0.25, 0.3) is 17.0 Å². The number of pyridine rings is 1. The molecule has 0 saturated heterocycles. The number of amides is 1. The lowest BCUT2D eigenvalue weighted by Crippen LogP contribution is -2.34. The molecule has 1 aliphatic heterocycles. The summed E-state index contributed by atoms with van der Waals surface area (Å²) in [5.41, 5.74) is 4.02. The zero-order valence-electron chi connectivity index (χ0n) is 20.3. The molecule has 4 aromatic rings. The molecule has 1 aromatic carbocycles. The highest BCUT2D eigenvalue weighted by atomic mass is 32.1. The maximum absolute atomic E-state index is 13.5. The second kappa shape index (κ2) is 10.0. The summed E-state index contributed by atoms with van der Waals surface area (Å²) in [6.45, 7) is 1.47.